The predicted octanol–water partition coefficient (Wildman–Crippen LogP) is 1.55. The Hall–Kier alpha value is -1.92. The number of carbonyl (C=O) groups is 1. The largest absolute Gasteiger partial charge is 0.379 e. The van der Waals surface area contributed by atoms with Crippen molar-refractivity contribution in [3.63, 3.8) is 0 Å². The monoisotopic (exact) mass is 320 g/mol. The summed E-state index contributed by atoms with van der Waals surface area (Å²) in [5, 5.41) is 2.92. The second kappa shape index (κ2) is 8.08. The zero-order valence-corrected chi connectivity index (χ0v) is 13.8. The van der Waals surface area contributed by atoms with Crippen LogP contribution in [0.15, 0.2) is 28.6 Å². The summed E-state index contributed by atoms with van der Waals surface area (Å²) in [5.41, 5.74) is 1.90. The van der Waals surface area contributed by atoms with Gasteiger partial charge in [0.2, 0.25) is 5.56 Å². The van der Waals surface area contributed by atoms with Crippen molar-refractivity contribution in [3.05, 3.63) is 45.4 Å². The molecule has 0 aliphatic carbocycles. The van der Waals surface area contributed by atoms with E-state index < -0.39 is 0 Å². The summed E-state index contributed by atoms with van der Waals surface area (Å²) in [7, 11) is 0. The number of aromatic amines is 1. The van der Waals surface area contributed by atoms with Crippen molar-refractivity contribution >= 4 is 5.91 Å². The van der Waals surface area contributed by atoms with Gasteiger partial charge in [0.05, 0.1) is 25.4 Å². The summed E-state index contributed by atoms with van der Waals surface area (Å²) in [4.78, 5) is 26.5. The molecule has 0 bridgehead atoms. The topological polar surface area (TPSA) is 80.4 Å². The van der Waals surface area contributed by atoms with Gasteiger partial charge in [-0.3, -0.25) is 9.59 Å². The predicted molar refractivity (Wildman–Crippen MR) is 87.7 cm³/mol. The van der Waals surface area contributed by atoms with E-state index in [2.05, 4.69) is 10.3 Å². The second-order valence-corrected chi connectivity index (χ2v) is 6.01. The SMILES string of the molecule is CC(C)=CCO[C@H]1CCOC[C@H]1NC(=O)c1cc(C)[nH]c(=O)c1. The van der Waals surface area contributed by atoms with Crippen molar-refractivity contribution in [1.82, 2.24) is 10.3 Å². The Bertz CT molecular complexity index is 632. The van der Waals surface area contributed by atoms with Crippen molar-refractivity contribution in [2.45, 2.75) is 39.3 Å². The third kappa shape index (κ3) is 5.33. The highest BCUT2D eigenvalue weighted by Gasteiger charge is 2.28. The molecule has 1 aliphatic rings. The fourth-order valence-corrected chi connectivity index (χ4v) is 2.46. The third-order valence-corrected chi connectivity index (χ3v) is 3.65. The Balaban J connectivity index is 2.01. The van der Waals surface area contributed by atoms with Crippen molar-refractivity contribution in [1.29, 1.82) is 0 Å². The van der Waals surface area contributed by atoms with E-state index in [0.29, 0.717) is 31.1 Å². The van der Waals surface area contributed by atoms with E-state index >= 15 is 0 Å². The number of aryl methyl sites for hydroxylation is 1. The zero-order chi connectivity index (χ0) is 16.8. The number of allylic oxidation sites excluding steroid dienone is 1. The van der Waals surface area contributed by atoms with Crippen LogP contribution in [0.3, 0.4) is 0 Å². The highest BCUT2D eigenvalue weighted by atomic mass is 16.5. The van der Waals surface area contributed by atoms with Gasteiger partial charge in [-0.2, -0.15) is 0 Å². The van der Waals surface area contributed by atoms with E-state index in [0.717, 1.165) is 6.42 Å². The number of hydrogen-bond acceptors (Lipinski definition) is 4. The van der Waals surface area contributed by atoms with Crippen molar-refractivity contribution < 1.29 is 14.3 Å². The van der Waals surface area contributed by atoms with Crippen molar-refractivity contribution in [2.75, 3.05) is 19.8 Å². The van der Waals surface area contributed by atoms with Gasteiger partial charge in [0.15, 0.2) is 0 Å². The van der Waals surface area contributed by atoms with E-state index in [9.17, 15) is 9.59 Å². The normalized spacial score (nSPS) is 20.8. The molecular formula is C17H24N2O4. The first-order valence-electron chi connectivity index (χ1n) is 7.80. The Morgan fingerprint density at radius 1 is 1.48 bits per heavy atom. The summed E-state index contributed by atoms with van der Waals surface area (Å²) in [6, 6.07) is 2.73. The first-order valence-corrected chi connectivity index (χ1v) is 7.80. The molecule has 2 atom stereocenters. The van der Waals surface area contributed by atoms with Gasteiger partial charge in [-0.15, -0.1) is 0 Å². The minimum absolute atomic E-state index is 0.0913. The van der Waals surface area contributed by atoms with Crippen LogP contribution in [-0.4, -0.2) is 42.9 Å². The Morgan fingerprint density at radius 3 is 2.96 bits per heavy atom. The van der Waals surface area contributed by atoms with Crippen LogP contribution in [0, 0.1) is 6.92 Å². The molecule has 1 aromatic rings. The van der Waals surface area contributed by atoms with Crippen LogP contribution in [0.1, 0.15) is 36.3 Å². The highest BCUT2D eigenvalue weighted by molar-refractivity contribution is 5.94. The summed E-state index contributed by atoms with van der Waals surface area (Å²) in [6.07, 6.45) is 2.65. The maximum atomic E-state index is 12.4. The fraction of sp³-hybridized carbons (Fsp3) is 0.529. The quantitative estimate of drug-likeness (QED) is 0.807. The number of carbonyl (C=O) groups excluding carboxylic acids is 1. The molecular weight excluding hydrogens is 296 g/mol. The van der Waals surface area contributed by atoms with Gasteiger partial charge in [0.25, 0.3) is 5.91 Å². The van der Waals surface area contributed by atoms with E-state index in [4.69, 9.17) is 9.47 Å². The standard InChI is InChI=1S/C17H24N2O4/c1-11(2)4-7-23-15-5-6-22-10-14(15)19-17(21)13-8-12(3)18-16(20)9-13/h4,8-9,14-15H,5-7,10H2,1-3H3,(H,18,20)(H,19,21)/t14-,15+/m1/s1. The number of rotatable bonds is 5. The minimum Gasteiger partial charge on any atom is -0.379 e. The molecule has 1 fully saturated rings. The lowest BCUT2D eigenvalue weighted by Crippen LogP contribution is -2.50. The molecule has 0 unspecified atom stereocenters. The third-order valence-electron chi connectivity index (χ3n) is 3.65. The molecule has 1 amide bonds. The molecule has 126 valence electrons. The molecule has 0 radical (unpaired) electrons. The van der Waals surface area contributed by atoms with Gasteiger partial charge < -0.3 is 19.8 Å². The van der Waals surface area contributed by atoms with Crippen LogP contribution in [0.2, 0.25) is 0 Å². The number of pyridine rings is 1. The van der Waals surface area contributed by atoms with E-state index in [1.54, 1.807) is 13.0 Å². The smallest absolute Gasteiger partial charge is 0.251 e. The second-order valence-electron chi connectivity index (χ2n) is 6.01. The summed E-state index contributed by atoms with van der Waals surface area (Å²) < 4.78 is 11.3. The van der Waals surface area contributed by atoms with Gasteiger partial charge in [-0.25, -0.2) is 0 Å². The Morgan fingerprint density at radius 2 is 2.26 bits per heavy atom. The summed E-state index contributed by atoms with van der Waals surface area (Å²) >= 11 is 0. The van der Waals surface area contributed by atoms with Gasteiger partial charge in [-0.1, -0.05) is 11.6 Å². The maximum absolute atomic E-state index is 12.4. The molecule has 2 heterocycles. The van der Waals surface area contributed by atoms with Gasteiger partial charge in [-0.05, 0) is 33.3 Å². The van der Waals surface area contributed by atoms with Gasteiger partial charge in [0, 0.05) is 23.9 Å². The van der Waals surface area contributed by atoms with E-state index in [-0.39, 0.29) is 23.6 Å². The van der Waals surface area contributed by atoms with E-state index in [1.165, 1.54) is 11.6 Å². The molecule has 0 saturated carbocycles. The lowest BCUT2D eigenvalue weighted by Gasteiger charge is -2.31. The molecule has 2 rings (SSSR count). The first kappa shape index (κ1) is 17.4. The number of amides is 1. The first-order chi connectivity index (χ1) is 11.0. The average Bonchev–Trinajstić information content (AvgIpc) is 2.47. The molecule has 2 N–H and O–H groups in total. The van der Waals surface area contributed by atoms with Crippen molar-refractivity contribution in [2.24, 2.45) is 0 Å². The van der Waals surface area contributed by atoms with Crippen LogP contribution in [0.5, 0.6) is 0 Å². The van der Waals surface area contributed by atoms with Crippen LogP contribution in [0.4, 0.5) is 0 Å². The number of aromatic nitrogens is 1. The Kier molecular flexibility index (Phi) is 6.12. The number of hydrogen-bond donors (Lipinski definition) is 2. The molecule has 6 heteroatoms. The van der Waals surface area contributed by atoms with Gasteiger partial charge >= 0.3 is 0 Å². The average molecular weight is 320 g/mol. The van der Waals surface area contributed by atoms with Crippen LogP contribution >= 0.6 is 0 Å². The molecule has 1 saturated heterocycles. The van der Waals surface area contributed by atoms with Crippen LogP contribution < -0.4 is 10.9 Å². The van der Waals surface area contributed by atoms with Crippen molar-refractivity contribution in [3.8, 4) is 0 Å². The molecule has 1 aliphatic heterocycles. The molecule has 0 spiro atoms. The van der Waals surface area contributed by atoms with Crippen LogP contribution in [0.25, 0.3) is 0 Å². The number of nitrogens with one attached hydrogen (secondary N) is 2. The fourth-order valence-electron chi connectivity index (χ4n) is 2.46. The number of ether oxygens (including phenoxy) is 2. The number of H-pyrrole nitrogens is 1. The molecule has 23 heavy (non-hydrogen) atoms. The minimum atomic E-state index is -0.287. The highest BCUT2D eigenvalue weighted by Crippen LogP contribution is 2.13. The molecule has 0 aromatic carbocycles. The molecule has 6 nitrogen and oxygen atoms in total. The summed E-state index contributed by atoms with van der Waals surface area (Å²) in [5.74, 6) is -0.287. The van der Waals surface area contributed by atoms with Crippen LogP contribution in [-0.2, 0) is 9.47 Å². The zero-order valence-electron chi connectivity index (χ0n) is 13.8. The van der Waals surface area contributed by atoms with Gasteiger partial charge in [0.1, 0.15) is 0 Å². The lowest BCUT2D eigenvalue weighted by atomic mass is 10.1. The Labute approximate surface area is 135 Å². The molecule has 1 aromatic heterocycles. The maximum Gasteiger partial charge on any atom is 0.251 e. The summed E-state index contributed by atoms with van der Waals surface area (Å²) in [6.45, 7) is 7.32. The lowest BCUT2D eigenvalue weighted by molar-refractivity contribution is -0.0457. The van der Waals surface area contributed by atoms with E-state index in [1.807, 2.05) is 19.9 Å².